The van der Waals surface area contributed by atoms with E-state index in [1.54, 1.807) is 0 Å². The molecule has 0 spiro atoms. The number of ether oxygens (including phenoxy) is 3. The summed E-state index contributed by atoms with van der Waals surface area (Å²) in [5, 5.41) is 0. The van der Waals surface area contributed by atoms with Crippen molar-refractivity contribution in [1.82, 2.24) is 0 Å². The molecule has 0 aromatic rings. The third kappa shape index (κ3) is 66.1. The number of rotatable bonds is 65. The van der Waals surface area contributed by atoms with Crippen molar-refractivity contribution in [1.29, 1.82) is 0 Å². The van der Waals surface area contributed by atoms with Crippen LogP contribution in [0.5, 0.6) is 0 Å². The van der Waals surface area contributed by atoms with E-state index in [9.17, 15) is 14.4 Å². The second kappa shape index (κ2) is 67.9. The molecule has 6 heteroatoms. The first kappa shape index (κ1) is 76.4. The lowest BCUT2D eigenvalue weighted by Crippen LogP contribution is -2.30. The van der Waals surface area contributed by atoms with Gasteiger partial charge in [0.25, 0.3) is 0 Å². The van der Waals surface area contributed by atoms with Gasteiger partial charge in [0, 0.05) is 19.3 Å². The van der Waals surface area contributed by atoms with Gasteiger partial charge in [-0.1, -0.05) is 333 Å². The Bertz CT molecular complexity index is 1360. The quantitative estimate of drug-likeness (QED) is 0.0261. The van der Waals surface area contributed by atoms with E-state index in [1.807, 2.05) is 0 Å². The molecule has 6 nitrogen and oxygen atoms in total. The normalized spacial score (nSPS) is 12.3. The van der Waals surface area contributed by atoms with Crippen molar-refractivity contribution in [3.63, 3.8) is 0 Å². The van der Waals surface area contributed by atoms with Gasteiger partial charge in [0.2, 0.25) is 0 Å². The van der Waals surface area contributed by atoms with Crippen LogP contribution in [-0.2, 0) is 28.6 Å². The van der Waals surface area contributed by atoms with Gasteiger partial charge in [0.15, 0.2) is 6.10 Å². The Hall–Kier alpha value is -2.63. The van der Waals surface area contributed by atoms with Gasteiger partial charge in [-0.3, -0.25) is 14.4 Å². The van der Waals surface area contributed by atoms with Crippen LogP contribution >= 0.6 is 0 Å². The number of carbonyl (C=O) groups excluding carboxylic acids is 3. The second-order valence-corrected chi connectivity index (χ2v) is 23.8. The Morgan fingerprint density at radius 2 is 0.481 bits per heavy atom. The minimum absolute atomic E-state index is 0.0778. The minimum Gasteiger partial charge on any atom is -0.462 e. The van der Waals surface area contributed by atoms with Crippen LogP contribution in [0.15, 0.2) is 48.6 Å². The molecule has 0 aliphatic heterocycles. The van der Waals surface area contributed by atoms with Crippen molar-refractivity contribution in [3.05, 3.63) is 48.6 Å². The summed E-state index contributed by atoms with van der Waals surface area (Å²) in [5.74, 6) is -0.881. The Labute approximate surface area is 492 Å². The molecule has 0 aromatic heterocycles. The van der Waals surface area contributed by atoms with E-state index in [0.29, 0.717) is 19.3 Å². The molecule has 0 bridgehead atoms. The zero-order chi connectivity index (χ0) is 57.1. The monoisotopic (exact) mass is 1110 g/mol. The molecule has 1 unspecified atom stereocenters. The van der Waals surface area contributed by atoms with Gasteiger partial charge in [0.05, 0.1) is 0 Å². The molecule has 1 atom stereocenters. The fourth-order valence-electron chi connectivity index (χ4n) is 10.5. The molecule has 0 aliphatic rings. The third-order valence-electron chi connectivity index (χ3n) is 15.8. The Morgan fingerprint density at radius 1 is 0.253 bits per heavy atom. The maximum atomic E-state index is 12.9. The number of unbranched alkanes of at least 4 members (excludes halogenated alkanes) is 46. The summed E-state index contributed by atoms with van der Waals surface area (Å²) < 4.78 is 16.9. The Balaban J connectivity index is 4.13. The third-order valence-corrected chi connectivity index (χ3v) is 15.8. The first-order chi connectivity index (χ1) is 39.0. The summed E-state index contributed by atoms with van der Waals surface area (Å²) >= 11 is 0. The van der Waals surface area contributed by atoms with Crippen molar-refractivity contribution in [2.24, 2.45) is 0 Å². The van der Waals surface area contributed by atoms with E-state index >= 15 is 0 Å². The maximum Gasteiger partial charge on any atom is 0.306 e. The van der Waals surface area contributed by atoms with Crippen molar-refractivity contribution in [2.75, 3.05) is 13.2 Å². The first-order valence-electron chi connectivity index (χ1n) is 35.1. The second-order valence-electron chi connectivity index (χ2n) is 23.8. The Morgan fingerprint density at radius 3 is 0.772 bits per heavy atom. The van der Waals surface area contributed by atoms with Crippen LogP contribution in [0.3, 0.4) is 0 Å². The predicted molar refractivity (Wildman–Crippen MR) is 344 cm³/mol. The van der Waals surface area contributed by atoms with E-state index in [1.165, 1.54) is 250 Å². The highest BCUT2D eigenvalue weighted by molar-refractivity contribution is 5.71. The molecule has 0 heterocycles. The Kier molecular flexibility index (Phi) is 65.6. The van der Waals surface area contributed by atoms with Gasteiger partial charge < -0.3 is 14.2 Å². The fourth-order valence-corrected chi connectivity index (χ4v) is 10.5. The molecular weight excluding hydrogens is 973 g/mol. The van der Waals surface area contributed by atoms with Gasteiger partial charge in [0.1, 0.15) is 13.2 Å². The van der Waals surface area contributed by atoms with Gasteiger partial charge in [-0.05, 0) is 77.0 Å². The molecule has 0 N–H and O–H groups in total. The molecule has 0 saturated heterocycles. The summed E-state index contributed by atoms with van der Waals surface area (Å²) in [6.45, 7) is 6.61. The molecule has 0 radical (unpaired) electrons. The average Bonchev–Trinajstić information content (AvgIpc) is 3.45. The standard InChI is InChI=1S/C73H134O6/c1-4-7-10-13-16-19-22-24-26-28-30-32-33-34-35-36-37-38-39-40-42-43-45-47-49-51-54-57-60-63-66-72(75)78-69-70(68-77-71(74)65-62-59-56-53-21-18-15-12-9-6-3)79-73(76)67-64-61-58-55-52-50-48-46-44-41-31-29-27-25-23-20-17-14-11-8-5-2/h12,15,23,25,29,31,44,46,70H,4-11,13-14,16-22,24,26-28,30,32-43,45,47-69H2,1-3H3/b15-12-,25-23-,31-29-,46-44-. The average molecular weight is 1110 g/mol. The van der Waals surface area contributed by atoms with Crippen LogP contribution in [0.2, 0.25) is 0 Å². The number of esters is 3. The van der Waals surface area contributed by atoms with Crippen LogP contribution in [0.1, 0.15) is 380 Å². The predicted octanol–water partition coefficient (Wildman–Crippen LogP) is 24.1. The van der Waals surface area contributed by atoms with E-state index in [0.717, 1.165) is 89.9 Å². The summed E-state index contributed by atoms with van der Waals surface area (Å²) in [4.78, 5) is 38.3. The van der Waals surface area contributed by atoms with Crippen molar-refractivity contribution in [3.8, 4) is 0 Å². The highest BCUT2D eigenvalue weighted by atomic mass is 16.6. The van der Waals surface area contributed by atoms with E-state index in [-0.39, 0.29) is 31.1 Å². The topological polar surface area (TPSA) is 78.9 Å². The van der Waals surface area contributed by atoms with Crippen LogP contribution in [-0.4, -0.2) is 37.2 Å². The SMILES string of the molecule is CCC/C=C\CCCCCCCC(=O)OCC(COC(=O)CCCCCCCCCCCCCCCCCCCCCCCCCCCCCCCC)OC(=O)CCCCCCCC/C=C\C/C=C\C/C=C\CCCCCCC. The molecule has 0 aliphatic carbocycles. The minimum atomic E-state index is -0.783. The van der Waals surface area contributed by atoms with E-state index < -0.39 is 6.10 Å². The maximum absolute atomic E-state index is 12.9. The molecule has 0 amide bonds. The molecule has 79 heavy (non-hydrogen) atoms. The molecule has 0 rings (SSSR count). The lowest BCUT2D eigenvalue weighted by Gasteiger charge is -2.18. The van der Waals surface area contributed by atoms with Gasteiger partial charge in [-0.2, -0.15) is 0 Å². The molecular formula is C73H134O6. The lowest BCUT2D eigenvalue weighted by atomic mass is 10.0. The largest absolute Gasteiger partial charge is 0.462 e. The first-order valence-corrected chi connectivity index (χ1v) is 35.1. The zero-order valence-electron chi connectivity index (χ0n) is 53.2. The smallest absolute Gasteiger partial charge is 0.306 e. The lowest BCUT2D eigenvalue weighted by molar-refractivity contribution is -0.167. The molecule has 0 saturated carbocycles. The highest BCUT2D eigenvalue weighted by Gasteiger charge is 2.19. The van der Waals surface area contributed by atoms with Gasteiger partial charge in [-0.25, -0.2) is 0 Å². The number of allylic oxidation sites excluding steroid dienone is 8. The summed E-state index contributed by atoms with van der Waals surface area (Å²) in [6.07, 6.45) is 85.9. The zero-order valence-corrected chi connectivity index (χ0v) is 53.2. The van der Waals surface area contributed by atoms with Crippen LogP contribution in [0.4, 0.5) is 0 Å². The van der Waals surface area contributed by atoms with E-state index in [2.05, 4.69) is 69.4 Å². The van der Waals surface area contributed by atoms with Crippen LogP contribution in [0.25, 0.3) is 0 Å². The van der Waals surface area contributed by atoms with Crippen molar-refractivity contribution >= 4 is 17.9 Å². The van der Waals surface area contributed by atoms with Crippen molar-refractivity contribution in [2.45, 2.75) is 386 Å². The molecule has 0 aromatic carbocycles. The number of hydrogen-bond acceptors (Lipinski definition) is 6. The summed E-state index contributed by atoms with van der Waals surface area (Å²) in [5.41, 5.74) is 0. The van der Waals surface area contributed by atoms with Crippen LogP contribution < -0.4 is 0 Å². The fraction of sp³-hybridized carbons (Fsp3) is 0.849. The number of hydrogen-bond donors (Lipinski definition) is 0. The highest BCUT2D eigenvalue weighted by Crippen LogP contribution is 2.18. The summed E-state index contributed by atoms with van der Waals surface area (Å²) in [7, 11) is 0. The van der Waals surface area contributed by atoms with Crippen molar-refractivity contribution < 1.29 is 28.6 Å². The van der Waals surface area contributed by atoms with E-state index in [4.69, 9.17) is 14.2 Å². The molecule has 462 valence electrons. The summed E-state index contributed by atoms with van der Waals surface area (Å²) in [6, 6.07) is 0. The van der Waals surface area contributed by atoms with Gasteiger partial charge >= 0.3 is 17.9 Å². The van der Waals surface area contributed by atoms with Gasteiger partial charge in [-0.15, -0.1) is 0 Å². The number of carbonyl (C=O) groups is 3. The van der Waals surface area contributed by atoms with Crippen LogP contribution in [0, 0.1) is 0 Å². The molecule has 0 fully saturated rings.